The summed E-state index contributed by atoms with van der Waals surface area (Å²) in [6.45, 7) is 11.5. The Kier molecular flexibility index (Phi) is 11.5. The topological polar surface area (TPSA) is 134 Å². The number of ether oxygens (including phenoxy) is 2. The van der Waals surface area contributed by atoms with Crippen molar-refractivity contribution in [2.24, 2.45) is 0 Å². The molecule has 0 spiro atoms. The minimum atomic E-state index is -0.853. The van der Waals surface area contributed by atoms with Crippen LogP contribution in [0.4, 0.5) is 26.0 Å². The second-order valence-electron chi connectivity index (χ2n) is 15.0. The molecule has 2 saturated heterocycles. The summed E-state index contributed by atoms with van der Waals surface area (Å²) >= 11 is 0. The molecule has 294 valence electrons. The Balaban J connectivity index is 0.974. The van der Waals surface area contributed by atoms with Crippen LogP contribution in [-0.4, -0.2) is 102 Å². The average molecular weight is 762 g/mol. The van der Waals surface area contributed by atoms with Gasteiger partial charge in [0.2, 0.25) is 5.43 Å². The Labute approximate surface area is 317 Å². The van der Waals surface area contributed by atoms with Gasteiger partial charge in [-0.15, -0.1) is 0 Å². The molecule has 2 aliphatic heterocycles. The number of anilines is 3. The lowest BCUT2D eigenvalue weighted by atomic mass is 10.1. The number of pyridine rings is 1. The first-order valence-corrected chi connectivity index (χ1v) is 19.2. The van der Waals surface area contributed by atoms with Gasteiger partial charge in [-0.3, -0.25) is 28.9 Å². The predicted octanol–water partition coefficient (Wildman–Crippen LogP) is 4.30. The van der Waals surface area contributed by atoms with E-state index in [0.717, 1.165) is 48.8 Å². The van der Waals surface area contributed by atoms with Crippen LogP contribution in [0.25, 0.3) is 10.9 Å². The summed E-state index contributed by atoms with van der Waals surface area (Å²) in [5.41, 5.74) is 0.987. The van der Waals surface area contributed by atoms with Gasteiger partial charge in [-0.1, -0.05) is 6.07 Å². The number of nitrogens with zero attached hydrogens (tertiary/aromatic N) is 5. The highest BCUT2D eigenvalue weighted by Crippen LogP contribution is 2.40. The number of nitrogens with one attached hydrogen (secondary N) is 2. The summed E-state index contributed by atoms with van der Waals surface area (Å²) in [6.07, 6.45) is 4.19. The summed E-state index contributed by atoms with van der Waals surface area (Å²) in [5.74, 6) is -2.13. The number of hydrogen-bond acceptors (Lipinski definition) is 10. The van der Waals surface area contributed by atoms with Crippen molar-refractivity contribution in [1.82, 2.24) is 23.9 Å². The van der Waals surface area contributed by atoms with E-state index >= 15 is 8.78 Å². The summed E-state index contributed by atoms with van der Waals surface area (Å²) in [6, 6.07) is 8.11. The average Bonchev–Trinajstić information content (AvgIpc) is 4.00. The smallest absolute Gasteiger partial charge is 0.343 e. The van der Waals surface area contributed by atoms with Gasteiger partial charge in [0.25, 0.3) is 5.56 Å². The van der Waals surface area contributed by atoms with Gasteiger partial charge in [0, 0.05) is 75.8 Å². The number of piperazine rings is 1. The molecule has 3 fully saturated rings. The fourth-order valence-corrected chi connectivity index (χ4v) is 7.57. The summed E-state index contributed by atoms with van der Waals surface area (Å²) in [4.78, 5) is 61.0. The molecule has 0 bridgehead atoms. The number of hydrogen-bond donors (Lipinski definition) is 2. The maximum Gasteiger partial charge on any atom is 0.343 e. The van der Waals surface area contributed by atoms with Gasteiger partial charge in [-0.2, -0.15) is 0 Å². The molecule has 1 atom stereocenters. The highest BCUT2D eigenvalue weighted by Gasteiger charge is 2.33. The third kappa shape index (κ3) is 8.53. The van der Waals surface area contributed by atoms with E-state index in [1.165, 1.54) is 16.8 Å². The van der Waals surface area contributed by atoms with Gasteiger partial charge < -0.3 is 24.3 Å². The number of unbranched alkanes of at least 4 members (excludes halogenated alkanes) is 1. The second-order valence-corrected chi connectivity index (χ2v) is 15.0. The van der Waals surface area contributed by atoms with Crippen molar-refractivity contribution in [2.75, 3.05) is 75.9 Å². The largest absolute Gasteiger partial charge is 0.461 e. The van der Waals surface area contributed by atoms with Gasteiger partial charge in [0.05, 0.1) is 24.1 Å². The number of aryl methyl sites for hydroxylation is 2. The zero-order valence-electron chi connectivity index (χ0n) is 31.7. The molecule has 4 heterocycles. The number of esters is 1. The number of benzene rings is 2. The summed E-state index contributed by atoms with van der Waals surface area (Å²) < 4.78 is 46.0. The lowest BCUT2D eigenvalue weighted by Crippen LogP contribution is -2.52. The van der Waals surface area contributed by atoms with E-state index in [9.17, 15) is 19.2 Å². The Morgan fingerprint density at radius 2 is 1.73 bits per heavy atom. The number of morpholine rings is 1. The molecule has 1 saturated carbocycles. The highest BCUT2D eigenvalue weighted by atomic mass is 19.1. The van der Waals surface area contributed by atoms with E-state index in [1.807, 2.05) is 39.0 Å². The van der Waals surface area contributed by atoms with E-state index < -0.39 is 28.7 Å². The lowest BCUT2D eigenvalue weighted by molar-refractivity contribution is 0.0195. The van der Waals surface area contributed by atoms with E-state index in [0.29, 0.717) is 64.6 Å². The van der Waals surface area contributed by atoms with Crippen molar-refractivity contribution < 1.29 is 23.0 Å². The molecule has 0 radical (unpaired) electrons. The number of H-pyrrole nitrogens is 1. The van der Waals surface area contributed by atoms with Crippen molar-refractivity contribution in [2.45, 2.75) is 65.1 Å². The number of aromatic nitrogens is 3. The van der Waals surface area contributed by atoms with E-state index in [1.54, 1.807) is 9.47 Å². The molecule has 3 aliphatic rings. The molecular formula is C40H49F2N7O6. The SMILES string of the molecule is Cc1ccc(Nc2cc(=O)n(CCCCN3CCN(c4c(F)cc5c(=O)c(C(=O)OCCN6CCOCC6)cn(C6CC6)c5c4F)C[C@@H]3C)c(=O)[nH]2)cc1C. The van der Waals surface area contributed by atoms with Crippen LogP contribution in [-0.2, 0) is 16.0 Å². The molecule has 7 rings (SSSR count). The van der Waals surface area contributed by atoms with Crippen LogP contribution in [0, 0.1) is 25.5 Å². The molecule has 4 aromatic rings. The van der Waals surface area contributed by atoms with Gasteiger partial charge in [0.15, 0.2) is 5.82 Å². The first-order valence-electron chi connectivity index (χ1n) is 19.2. The number of aromatic amines is 1. The zero-order chi connectivity index (χ0) is 38.8. The fraction of sp³-hybridized carbons (Fsp3) is 0.500. The first-order chi connectivity index (χ1) is 26.5. The predicted molar refractivity (Wildman–Crippen MR) is 207 cm³/mol. The van der Waals surface area contributed by atoms with Crippen molar-refractivity contribution in [3.05, 3.63) is 95.9 Å². The fourth-order valence-electron chi connectivity index (χ4n) is 7.57. The van der Waals surface area contributed by atoms with Crippen molar-refractivity contribution >= 4 is 34.1 Å². The van der Waals surface area contributed by atoms with Crippen LogP contribution in [0.3, 0.4) is 0 Å². The van der Waals surface area contributed by atoms with Crippen LogP contribution < -0.4 is 26.9 Å². The minimum absolute atomic E-state index is 0.00291. The molecule has 2 aromatic carbocycles. The van der Waals surface area contributed by atoms with Crippen molar-refractivity contribution in [3.8, 4) is 0 Å². The molecule has 2 N–H and O–H groups in total. The third-order valence-electron chi connectivity index (χ3n) is 11.1. The van der Waals surface area contributed by atoms with E-state index in [4.69, 9.17) is 9.47 Å². The highest BCUT2D eigenvalue weighted by molar-refractivity contribution is 5.95. The molecular weight excluding hydrogens is 712 g/mol. The summed E-state index contributed by atoms with van der Waals surface area (Å²) in [5, 5.41) is 2.92. The third-order valence-corrected chi connectivity index (χ3v) is 11.1. The Hall–Kier alpha value is -4.86. The Morgan fingerprint density at radius 3 is 2.44 bits per heavy atom. The Morgan fingerprint density at radius 1 is 0.964 bits per heavy atom. The van der Waals surface area contributed by atoms with Crippen LogP contribution in [0.5, 0.6) is 0 Å². The Bertz CT molecular complexity index is 2210. The van der Waals surface area contributed by atoms with Crippen molar-refractivity contribution in [3.63, 3.8) is 0 Å². The number of fused-ring (bicyclic) bond motifs is 1. The van der Waals surface area contributed by atoms with Gasteiger partial charge in [-0.25, -0.2) is 18.4 Å². The molecule has 0 unspecified atom stereocenters. The molecule has 1 aliphatic carbocycles. The monoisotopic (exact) mass is 761 g/mol. The standard InChI is InChI=1S/C40H49F2N7O6/c1-25-6-7-28(20-26(25)2)43-33-22-34(50)48(40(53)44-33)11-5-4-10-46-12-13-47(23-27(46)3)37-32(41)21-30-36(35(37)42)49(29-8-9-29)24-31(38(30)51)39(52)55-19-16-45-14-17-54-18-15-45/h6-7,20-22,24,27,29,43H,4-5,8-19,23H2,1-3H3,(H,44,53)/t27-/m0/s1. The zero-order valence-corrected chi connectivity index (χ0v) is 31.7. The summed E-state index contributed by atoms with van der Waals surface area (Å²) in [7, 11) is 0. The number of halogens is 2. The molecule has 13 nitrogen and oxygen atoms in total. The van der Waals surface area contributed by atoms with Crippen molar-refractivity contribution in [1.29, 1.82) is 0 Å². The molecule has 55 heavy (non-hydrogen) atoms. The maximum atomic E-state index is 16.5. The van der Waals surface area contributed by atoms with Gasteiger partial charge >= 0.3 is 11.7 Å². The first kappa shape index (κ1) is 38.4. The van der Waals surface area contributed by atoms with Crippen LogP contribution in [0.2, 0.25) is 0 Å². The molecule has 15 heteroatoms. The molecule has 2 aromatic heterocycles. The number of carbonyl (C=O) groups is 1. The second kappa shape index (κ2) is 16.5. The molecule has 0 amide bonds. The number of rotatable bonds is 13. The minimum Gasteiger partial charge on any atom is -0.461 e. The van der Waals surface area contributed by atoms with Crippen LogP contribution in [0.15, 0.2) is 50.9 Å². The van der Waals surface area contributed by atoms with Crippen LogP contribution >= 0.6 is 0 Å². The normalized spacial score (nSPS) is 18.2. The van der Waals surface area contributed by atoms with Gasteiger partial charge in [-0.05, 0) is 82.3 Å². The van der Waals surface area contributed by atoms with E-state index in [2.05, 4.69) is 20.1 Å². The van der Waals surface area contributed by atoms with Crippen LogP contribution in [0.1, 0.15) is 60.1 Å². The lowest BCUT2D eigenvalue weighted by Gasteiger charge is -2.41. The maximum absolute atomic E-state index is 16.5. The van der Waals surface area contributed by atoms with E-state index in [-0.39, 0.29) is 52.9 Å². The number of carbonyl (C=O) groups excluding carboxylic acids is 1. The van der Waals surface area contributed by atoms with Gasteiger partial charge in [0.1, 0.15) is 29.5 Å². The quantitative estimate of drug-likeness (QED) is 0.150.